The van der Waals surface area contributed by atoms with Gasteiger partial charge in [0, 0.05) is 29.7 Å². The fourth-order valence-corrected chi connectivity index (χ4v) is 2.87. The SMILES string of the molecule is CC(=O)C(CC#CCCCC(=O)O)CCCC(O)COc1cccc(Br)c1. The van der Waals surface area contributed by atoms with E-state index in [1.165, 1.54) is 0 Å². The number of aliphatic carboxylic acids is 1. The summed E-state index contributed by atoms with van der Waals surface area (Å²) in [6.07, 6.45) is 3.02. The van der Waals surface area contributed by atoms with Gasteiger partial charge in [-0.15, -0.1) is 11.8 Å². The molecule has 2 N–H and O–H groups in total. The highest BCUT2D eigenvalue weighted by molar-refractivity contribution is 9.10. The summed E-state index contributed by atoms with van der Waals surface area (Å²) in [4.78, 5) is 22.2. The Hall–Kier alpha value is -1.84. The van der Waals surface area contributed by atoms with Crippen LogP contribution in [0.4, 0.5) is 0 Å². The van der Waals surface area contributed by atoms with E-state index in [-0.39, 0.29) is 24.7 Å². The molecule has 0 saturated heterocycles. The van der Waals surface area contributed by atoms with Crippen LogP contribution in [0.2, 0.25) is 0 Å². The number of Topliss-reactive ketones (excluding diaryl/α,β-unsaturated/α-hetero) is 1. The van der Waals surface area contributed by atoms with E-state index >= 15 is 0 Å². The first-order valence-electron chi connectivity index (χ1n) is 9.13. The summed E-state index contributed by atoms with van der Waals surface area (Å²) in [6, 6.07) is 7.44. The number of ether oxygens (including phenoxy) is 1. The van der Waals surface area contributed by atoms with Gasteiger partial charge >= 0.3 is 5.97 Å². The Morgan fingerprint density at radius 3 is 2.67 bits per heavy atom. The summed E-state index contributed by atoms with van der Waals surface area (Å²) in [5.74, 6) is 5.73. The Balaban J connectivity index is 2.26. The molecule has 2 atom stereocenters. The highest BCUT2D eigenvalue weighted by atomic mass is 79.9. The van der Waals surface area contributed by atoms with Crippen LogP contribution in [0.1, 0.15) is 51.9 Å². The number of carbonyl (C=O) groups excluding carboxylic acids is 1. The van der Waals surface area contributed by atoms with Crippen molar-refractivity contribution in [3.05, 3.63) is 28.7 Å². The third-order valence-corrected chi connectivity index (χ3v) is 4.56. The van der Waals surface area contributed by atoms with E-state index in [0.29, 0.717) is 44.3 Å². The predicted molar refractivity (Wildman–Crippen MR) is 108 cm³/mol. The molecule has 0 aliphatic carbocycles. The number of hydrogen-bond donors (Lipinski definition) is 2. The molecule has 5 nitrogen and oxygen atoms in total. The van der Waals surface area contributed by atoms with Gasteiger partial charge in [0.2, 0.25) is 0 Å². The van der Waals surface area contributed by atoms with Crippen molar-refractivity contribution in [2.24, 2.45) is 5.92 Å². The molecule has 148 valence electrons. The molecule has 0 aliphatic heterocycles. The molecule has 2 unspecified atom stereocenters. The first-order valence-corrected chi connectivity index (χ1v) is 9.92. The van der Waals surface area contributed by atoms with Crippen LogP contribution >= 0.6 is 15.9 Å². The maximum absolute atomic E-state index is 11.7. The van der Waals surface area contributed by atoms with Crippen molar-refractivity contribution in [1.82, 2.24) is 0 Å². The number of carboxylic acids is 1. The van der Waals surface area contributed by atoms with E-state index in [9.17, 15) is 14.7 Å². The van der Waals surface area contributed by atoms with Crippen LogP contribution in [0.5, 0.6) is 5.75 Å². The first-order chi connectivity index (χ1) is 12.9. The molecule has 0 fully saturated rings. The fourth-order valence-electron chi connectivity index (χ4n) is 2.49. The third kappa shape index (κ3) is 11.5. The molecule has 0 bridgehead atoms. The minimum atomic E-state index is -0.819. The lowest BCUT2D eigenvalue weighted by molar-refractivity contribution is -0.137. The highest BCUT2D eigenvalue weighted by Gasteiger charge is 2.14. The van der Waals surface area contributed by atoms with E-state index in [1.807, 2.05) is 24.3 Å². The van der Waals surface area contributed by atoms with Gasteiger partial charge < -0.3 is 14.9 Å². The lowest BCUT2D eigenvalue weighted by atomic mass is 9.94. The Morgan fingerprint density at radius 1 is 1.22 bits per heavy atom. The average molecular weight is 439 g/mol. The lowest BCUT2D eigenvalue weighted by Crippen LogP contribution is -2.18. The van der Waals surface area contributed by atoms with Crippen molar-refractivity contribution in [3.63, 3.8) is 0 Å². The molecule has 1 aromatic rings. The zero-order valence-corrected chi connectivity index (χ0v) is 17.2. The standard InChI is InChI=1S/C21H27BrO5/c1-16(23)17(8-4-2-3-5-13-21(25)26)9-6-11-19(24)15-27-20-12-7-10-18(22)14-20/h7,10,12,14,17,19,24H,3,5-6,8-9,11,13,15H2,1H3,(H,25,26). The van der Waals surface area contributed by atoms with Crippen molar-refractivity contribution in [2.45, 2.75) is 58.0 Å². The van der Waals surface area contributed by atoms with Crippen molar-refractivity contribution in [2.75, 3.05) is 6.61 Å². The fraction of sp³-hybridized carbons (Fsp3) is 0.524. The second-order valence-corrected chi connectivity index (χ2v) is 7.38. The van der Waals surface area contributed by atoms with Gasteiger partial charge in [-0.25, -0.2) is 0 Å². The molecule has 0 amide bonds. The number of ketones is 1. The van der Waals surface area contributed by atoms with Crippen molar-refractivity contribution in [1.29, 1.82) is 0 Å². The number of aliphatic hydroxyl groups excluding tert-OH is 1. The smallest absolute Gasteiger partial charge is 0.303 e. The lowest BCUT2D eigenvalue weighted by Gasteiger charge is -2.14. The summed E-state index contributed by atoms with van der Waals surface area (Å²) >= 11 is 3.37. The van der Waals surface area contributed by atoms with E-state index in [1.54, 1.807) is 6.92 Å². The molecule has 6 heteroatoms. The second-order valence-electron chi connectivity index (χ2n) is 6.47. The summed E-state index contributed by atoms with van der Waals surface area (Å²) in [6.45, 7) is 1.77. The van der Waals surface area contributed by atoms with Crippen LogP contribution < -0.4 is 4.74 Å². The summed E-state index contributed by atoms with van der Waals surface area (Å²) < 4.78 is 6.48. The monoisotopic (exact) mass is 438 g/mol. The highest BCUT2D eigenvalue weighted by Crippen LogP contribution is 2.19. The van der Waals surface area contributed by atoms with Gasteiger partial charge in [0.15, 0.2) is 0 Å². The zero-order valence-electron chi connectivity index (χ0n) is 15.6. The Labute approximate surface area is 169 Å². The predicted octanol–water partition coefficient (Wildman–Crippen LogP) is 4.21. The van der Waals surface area contributed by atoms with E-state index in [0.717, 1.165) is 4.47 Å². The minimum Gasteiger partial charge on any atom is -0.491 e. The molecule has 1 aromatic carbocycles. The Kier molecular flexibility index (Phi) is 11.5. The van der Waals surface area contributed by atoms with Gasteiger partial charge in [0.1, 0.15) is 18.1 Å². The van der Waals surface area contributed by atoms with Crippen LogP contribution in [-0.4, -0.2) is 34.7 Å². The average Bonchev–Trinajstić information content (AvgIpc) is 2.60. The van der Waals surface area contributed by atoms with Crippen LogP contribution in [-0.2, 0) is 9.59 Å². The first kappa shape index (κ1) is 23.2. The normalized spacial score (nSPS) is 12.6. The molecule has 0 saturated carbocycles. The molecule has 0 aromatic heterocycles. The number of unbranched alkanes of at least 4 members (excludes halogenated alkanes) is 1. The van der Waals surface area contributed by atoms with Crippen molar-refractivity contribution < 1.29 is 24.5 Å². The van der Waals surface area contributed by atoms with Crippen LogP contribution in [0.25, 0.3) is 0 Å². The number of carboxylic acid groups (broad SMARTS) is 1. The summed E-state index contributed by atoms with van der Waals surface area (Å²) in [7, 11) is 0. The van der Waals surface area contributed by atoms with E-state index in [4.69, 9.17) is 9.84 Å². The molecule has 0 spiro atoms. The number of carbonyl (C=O) groups is 2. The Morgan fingerprint density at radius 2 is 2.00 bits per heavy atom. The third-order valence-electron chi connectivity index (χ3n) is 4.07. The van der Waals surface area contributed by atoms with Gasteiger partial charge in [0.25, 0.3) is 0 Å². The maximum atomic E-state index is 11.7. The number of rotatable bonds is 12. The van der Waals surface area contributed by atoms with Crippen molar-refractivity contribution in [3.8, 4) is 17.6 Å². The minimum absolute atomic E-state index is 0.0923. The van der Waals surface area contributed by atoms with E-state index < -0.39 is 12.1 Å². The molecule has 0 aliphatic rings. The van der Waals surface area contributed by atoms with Gasteiger partial charge in [0.05, 0.1) is 6.10 Å². The molecule has 1 rings (SSSR count). The second kappa shape index (κ2) is 13.3. The zero-order chi connectivity index (χ0) is 20.1. The van der Waals surface area contributed by atoms with Crippen LogP contribution in [0.15, 0.2) is 28.7 Å². The Bertz CT molecular complexity index is 662. The van der Waals surface area contributed by atoms with Gasteiger partial charge in [-0.1, -0.05) is 22.0 Å². The van der Waals surface area contributed by atoms with Gasteiger partial charge in [-0.2, -0.15) is 0 Å². The number of hydrogen-bond acceptors (Lipinski definition) is 4. The number of benzene rings is 1. The summed E-state index contributed by atoms with van der Waals surface area (Å²) in [5.41, 5.74) is 0. The molecular weight excluding hydrogens is 412 g/mol. The number of halogens is 1. The van der Waals surface area contributed by atoms with E-state index in [2.05, 4.69) is 27.8 Å². The van der Waals surface area contributed by atoms with Crippen LogP contribution in [0.3, 0.4) is 0 Å². The quantitative estimate of drug-likeness (QED) is 0.377. The van der Waals surface area contributed by atoms with Gasteiger partial charge in [-0.3, -0.25) is 9.59 Å². The topological polar surface area (TPSA) is 83.8 Å². The van der Waals surface area contributed by atoms with Crippen molar-refractivity contribution >= 4 is 27.7 Å². The molecule has 27 heavy (non-hydrogen) atoms. The largest absolute Gasteiger partial charge is 0.491 e. The summed E-state index contributed by atoms with van der Waals surface area (Å²) in [5, 5.41) is 18.6. The number of aliphatic hydroxyl groups is 1. The molecular formula is C21H27BrO5. The van der Waals surface area contributed by atoms with Gasteiger partial charge in [-0.05, 0) is 50.8 Å². The molecule has 0 radical (unpaired) electrons. The van der Waals surface area contributed by atoms with Crippen LogP contribution in [0, 0.1) is 17.8 Å². The molecule has 0 heterocycles. The maximum Gasteiger partial charge on any atom is 0.303 e.